The van der Waals surface area contributed by atoms with E-state index in [9.17, 15) is 9.59 Å². The van der Waals surface area contributed by atoms with E-state index in [0.29, 0.717) is 44.5 Å². The molecule has 3 N–H and O–H groups in total. The van der Waals surface area contributed by atoms with E-state index < -0.39 is 0 Å². The van der Waals surface area contributed by atoms with Crippen molar-refractivity contribution in [1.29, 1.82) is 0 Å². The number of hydrogen-bond acceptors (Lipinski definition) is 4. The summed E-state index contributed by atoms with van der Waals surface area (Å²) in [6, 6.07) is 14.7. The van der Waals surface area contributed by atoms with E-state index in [-0.39, 0.29) is 33.1 Å². The van der Waals surface area contributed by atoms with Gasteiger partial charge in [-0.25, -0.2) is 4.68 Å². The smallest absolute Gasteiger partial charge is 0.287 e. The summed E-state index contributed by atoms with van der Waals surface area (Å²) in [5.41, 5.74) is 3.41. The third-order valence-electron chi connectivity index (χ3n) is 9.10. The number of halogens is 4. The second kappa shape index (κ2) is 20.8. The van der Waals surface area contributed by atoms with Crippen molar-refractivity contribution in [2.75, 3.05) is 10.6 Å². The molecule has 0 aliphatic heterocycles. The van der Waals surface area contributed by atoms with E-state index in [1.165, 1.54) is 73.4 Å². The summed E-state index contributed by atoms with van der Waals surface area (Å²) < 4.78 is 1.32. The topological polar surface area (TPSA) is 78.9 Å². The number of H-pyrrole nitrogens is 1. The first-order valence-corrected chi connectivity index (χ1v) is 20.9. The third kappa shape index (κ3) is 12.0. The van der Waals surface area contributed by atoms with Crippen molar-refractivity contribution in [1.82, 2.24) is 9.78 Å². The first-order chi connectivity index (χ1) is 24.9. The normalized spacial score (nSPS) is 11.5. The van der Waals surface area contributed by atoms with E-state index in [1.807, 2.05) is 0 Å². The van der Waals surface area contributed by atoms with Gasteiger partial charge in [0.1, 0.15) is 16.4 Å². The van der Waals surface area contributed by atoms with E-state index in [2.05, 4.69) is 68.6 Å². The Bertz CT molecular complexity index is 1830. The number of anilines is 3. The maximum absolute atomic E-state index is 14.2. The number of hydrogen-bond donors (Lipinski definition) is 3. The van der Waals surface area contributed by atoms with Crippen LogP contribution in [-0.4, -0.2) is 15.7 Å². The van der Waals surface area contributed by atoms with Gasteiger partial charge in [-0.05, 0) is 65.8 Å². The van der Waals surface area contributed by atoms with Crippen LogP contribution in [0.4, 0.5) is 17.2 Å². The quantitative estimate of drug-likeness (QED) is 0.0777. The Balaban J connectivity index is 1.52. The van der Waals surface area contributed by atoms with Gasteiger partial charge in [0.05, 0.1) is 20.8 Å². The Hall–Kier alpha value is -2.55. The maximum Gasteiger partial charge on any atom is 0.287 e. The van der Waals surface area contributed by atoms with Gasteiger partial charge >= 0.3 is 0 Å². The van der Waals surface area contributed by atoms with Crippen LogP contribution in [0.25, 0.3) is 5.69 Å². The maximum atomic E-state index is 14.2. The van der Waals surface area contributed by atoms with Crippen molar-refractivity contribution in [3.05, 3.63) is 90.1 Å². The summed E-state index contributed by atoms with van der Waals surface area (Å²) in [5, 5.41) is 10.7. The van der Waals surface area contributed by atoms with Crippen molar-refractivity contribution >= 4 is 81.3 Å². The molecule has 6 nitrogen and oxygen atoms in total. The van der Waals surface area contributed by atoms with Gasteiger partial charge in [0.25, 0.3) is 5.56 Å². The Morgan fingerprint density at radius 2 is 1.38 bits per heavy atom. The third-order valence-corrected chi connectivity index (χ3v) is 11.4. The van der Waals surface area contributed by atoms with Gasteiger partial charge in [0, 0.05) is 22.0 Å². The van der Waals surface area contributed by atoms with Crippen molar-refractivity contribution < 1.29 is 4.79 Å². The van der Waals surface area contributed by atoms with Crippen LogP contribution in [0.2, 0.25) is 20.1 Å². The average Bonchev–Trinajstić information content (AvgIpc) is 3.37. The first-order valence-electron chi connectivity index (χ1n) is 18.6. The SMILES string of the molecule is CCCCCCCCCCCCCC(=O)Nc1ccc(Cl)c(Nc2[nH]n(-c3c(Cl)cc(Cl)cc3Cl)c(=O)c2Sc2ccc(C(C)C)cc2C(C)C)c1. The molecule has 0 unspecified atom stereocenters. The molecule has 3 aromatic carbocycles. The van der Waals surface area contributed by atoms with Crippen LogP contribution in [0, 0.1) is 0 Å². The van der Waals surface area contributed by atoms with Gasteiger partial charge in [-0.3, -0.25) is 14.7 Å². The Morgan fingerprint density at radius 3 is 1.98 bits per heavy atom. The van der Waals surface area contributed by atoms with Crippen LogP contribution >= 0.6 is 58.2 Å². The van der Waals surface area contributed by atoms with Gasteiger partial charge in [-0.15, -0.1) is 0 Å². The molecule has 0 spiro atoms. The molecule has 1 amide bonds. The summed E-state index contributed by atoms with van der Waals surface area (Å²) in [5.74, 6) is 0.935. The van der Waals surface area contributed by atoms with Crippen molar-refractivity contribution in [2.45, 2.75) is 133 Å². The summed E-state index contributed by atoms with van der Waals surface area (Å²) in [7, 11) is 0. The molecule has 4 rings (SSSR count). The molecule has 0 saturated heterocycles. The summed E-state index contributed by atoms with van der Waals surface area (Å²) in [4.78, 5) is 28.4. The van der Waals surface area contributed by atoms with Crippen LogP contribution in [0.1, 0.15) is 135 Å². The lowest BCUT2D eigenvalue weighted by molar-refractivity contribution is -0.116. The molecule has 1 heterocycles. The Morgan fingerprint density at radius 1 is 0.769 bits per heavy atom. The number of nitrogens with one attached hydrogen (secondary N) is 3. The Kier molecular flexibility index (Phi) is 16.9. The monoisotopic (exact) mass is 804 g/mol. The molecule has 282 valence electrons. The van der Waals surface area contributed by atoms with Crippen LogP contribution in [0.3, 0.4) is 0 Å². The van der Waals surface area contributed by atoms with E-state index in [0.717, 1.165) is 29.7 Å². The van der Waals surface area contributed by atoms with Crippen molar-refractivity contribution in [3.63, 3.8) is 0 Å². The highest BCUT2D eigenvalue weighted by Gasteiger charge is 2.23. The van der Waals surface area contributed by atoms with E-state index >= 15 is 0 Å². The highest BCUT2D eigenvalue weighted by atomic mass is 35.5. The van der Waals surface area contributed by atoms with Gasteiger partial charge in [0.15, 0.2) is 0 Å². The molecule has 0 atom stereocenters. The molecular weight excluding hydrogens is 754 g/mol. The average molecular weight is 807 g/mol. The summed E-state index contributed by atoms with van der Waals surface area (Å²) >= 11 is 27.4. The zero-order chi connectivity index (χ0) is 37.8. The zero-order valence-electron chi connectivity index (χ0n) is 30.9. The van der Waals surface area contributed by atoms with E-state index in [1.54, 1.807) is 30.3 Å². The van der Waals surface area contributed by atoms with Gasteiger partial charge in [0.2, 0.25) is 5.91 Å². The number of aromatic amines is 1. The molecule has 0 radical (unpaired) electrons. The number of amides is 1. The molecular formula is C41H52Cl4N4O2S. The highest BCUT2D eigenvalue weighted by molar-refractivity contribution is 7.99. The van der Waals surface area contributed by atoms with Crippen LogP contribution in [0.5, 0.6) is 0 Å². The molecule has 0 fully saturated rings. The number of benzene rings is 3. The number of unbranched alkanes of at least 4 members (excludes halogenated alkanes) is 10. The van der Waals surface area contributed by atoms with E-state index in [4.69, 9.17) is 46.4 Å². The van der Waals surface area contributed by atoms with Gasteiger partial charge in [-0.2, -0.15) is 0 Å². The van der Waals surface area contributed by atoms with Gasteiger partial charge < -0.3 is 10.6 Å². The highest BCUT2D eigenvalue weighted by Crippen LogP contribution is 2.40. The number of aromatic nitrogens is 2. The zero-order valence-corrected chi connectivity index (χ0v) is 34.8. The summed E-state index contributed by atoms with van der Waals surface area (Å²) in [6.45, 7) is 10.9. The van der Waals surface area contributed by atoms with Crippen LogP contribution < -0.4 is 16.2 Å². The molecule has 0 bridgehead atoms. The molecule has 0 aliphatic rings. The summed E-state index contributed by atoms with van der Waals surface area (Å²) in [6.07, 6.45) is 14.0. The lowest BCUT2D eigenvalue weighted by Gasteiger charge is -2.16. The minimum Gasteiger partial charge on any atom is -0.338 e. The fraction of sp³-hybridized carbons (Fsp3) is 0.463. The minimum absolute atomic E-state index is 0.0434. The second-order valence-electron chi connectivity index (χ2n) is 14.0. The van der Waals surface area contributed by atoms with Crippen molar-refractivity contribution in [3.8, 4) is 5.69 Å². The fourth-order valence-electron chi connectivity index (χ4n) is 6.09. The lowest BCUT2D eigenvalue weighted by atomic mass is 9.96. The molecule has 0 saturated carbocycles. The molecule has 1 aromatic heterocycles. The van der Waals surface area contributed by atoms with Crippen LogP contribution in [-0.2, 0) is 4.79 Å². The lowest BCUT2D eigenvalue weighted by Crippen LogP contribution is -2.16. The predicted molar refractivity (Wildman–Crippen MR) is 225 cm³/mol. The number of nitrogens with zero attached hydrogens (tertiary/aromatic N) is 1. The largest absolute Gasteiger partial charge is 0.338 e. The molecule has 4 aromatic rings. The number of carbonyl (C=O) groups excluding carboxylic acids is 1. The minimum atomic E-state index is -0.353. The fourth-order valence-corrected chi connectivity index (χ4v) is 8.39. The predicted octanol–water partition coefficient (Wildman–Crippen LogP) is 14.6. The Labute approximate surface area is 333 Å². The van der Waals surface area contributed by atoms with Gasteiger partial charge in [-0.1, -0.05) is 169 Å². The molecule has 52 heavy (non-hydrogen) atoms. The number of rotatable bonds is 20. The standard InChI is InChI=1S/C41H52Cl4N4O2S/c1-6-7-8-9-10-11-12-13-14-15-16-17-37(50)46-30-19-20-32(43)35(25-30)47-40-39(52-36-21-18-28(26(2)3)22-31(36)27(4)5)41(51)49(48-40)38-33(44)23-29(42)24-34(38)45/h18-27,47-48H,6-17H2,1-5H3,(H,46,50). The second-order valence-corrected chi connectivity index (χ2v) is 16.7. The van der Waals surface area contributed by atoms with Crippen LogP contribution in [0.15, 0.2) is 63.1 Å². The molecule has 11 heteroatoms. The molecule has 0 aliphatic carbocycles. The first kappa shape index (κ1) is 42.2. The number of carbonyl (C=O) groups is 1. The van der Waals surface area contributed by atoms with Crippen molar-refractivity contribution in [2.24, 2.45) is 0 Å².